The fourth-order valence-corrected chi connectivity index (χ4v) is 1.48. The van der Waals surface area contributed by atoms with Crippen molar-refractivity contribution in [3.8, 4) is 0 Å². The Labute approximate surface area is 81.4 Å². The Morgan fingerprint density at radius 2 is 2.29 bits per heavy atom. The fraction of sp³-hybridized carbons (Fsp3) is 0.667. The molecule has 3 unspecified atom stereocenters. The summed E-state index contributed by atoms with van der Waals surface area (Å²) in [5.74, 6) is -0.121. The molecular formula is C9H13NO4. The molecule has 0 heterocycles. The summed E-state index contributed by atoms with van der Waals surface area (Å²) in [5, 5.41) is 21.3. The number of Topliss-reactive ketones (excluding diaryl/α,β-unsaturated/α-hetero) is 1. The van der Waals surface area contributed by atoms with E-state index in [4.69, 9.17) is 0 Å². The van der Waals surface area contributed by atoms with Crippen LogP contribution in [0.15, 0.2) is 16.8 Å². The second-order valence-corrected chi connectivity index (χ2v) is 3.33. The summed E-state index contributed by atoms with van der Waals surface area (Å²) >= 11 is 0. The highest BCUT2D eigenvalue weighted by Gasteiger charge is 2.33. The highest BCUT2D eigenvalue weighted by Crippen LogP contribution is 2.23. The molecule has 0 aromatic carbocycles. The molecule has 5 nitrogen and oxygen atoms in total. The Balaban J connectivity index is 2.85. The van der Waals surface area contributed by atoms with Crippen molar-refractivity contribution in [3.05, 3.63) is 16.6 Å². The van der Waals surface area contributed by atoms with Crippen LogP contribution in [0.3, 0.4) is 0 Å². The Hall–Kier alpha value is -1.07. The first kappa shape index (κ1) is 11.0. The number of carbonyl (C=O) groups excluding carboxylic acids is 1. The number of rotatable bonds is 3. The molecule has 1 aliphatic rings. The zero-order valence-corrected chi connectivity index (χ0v) is 7.88. The van der Waals surface area contributed by atoms with Gasteiger partial charge in [-0.15, -0.1) is 0 Å². The van der Waals surface area contributed by atoms with E-state index >= 15 is 0 Å². The van der Waals surface area contributed by atoms with E-state index in [1.807, 2.05) is 0 Å². The highest BCUT2D eigenvalue weighted by molar-refractivity contribution is 5.95. The average Bonchev–Trinajstić information content (AvgIpc) is 2.20. The first-order valence-corrected chi connectivity index (χ1v) is 4.52. The van der Waals surface area contributed by atoms with Crippen LogP contribution in [0.4, 0.5) is 0 Å². The predicted molar refractivity (Wildman–Crippen MR) is 49.6 cm³/mol. The number of hydrogen-bond donors (Lipinski definition) is 2. The number of carbonyl (C=O) groups is 1. The highest BCUT2D eigenvalue weighted by atomic mass is 16.3. The van der Waals surface area contributed by atoms with Crippen LogP contribution >= 0.6 is 0 Å². The second-order valence-electron chi connectivity index (χ2n) is 3.33. The van der Waals surface area contributed by atoms with Gasteiger partial charge in [0.2, 0.25) is 0 Å². The van der Waals surface area contributed by atoms with Gasteiger partial charge in [0, 0.05) is 12.8 Å². The second kappa shape index (κ2) is 4.43. The van der Waals surface area contributed by atoms with Gasteiger partial charge in [-0.25, -0.2) is 0 Å². The van der Waals surface area contributed by atoms with Crippen molar-refractivity contribution in [3.63, 3.8) is 0 Å². The van der Waals surface area contributed by atoms with E-state index in [2.05, 4.69) is 5.18 Å². The Morgan fingerprint density at radius 3 is 2.79 bits per heavy atom. The number of nitrogens with zero attached hydrogens (tertiary/aromatic N) is 1. The van der Waals surface area contributed by atoms with E-state index in [9.17, 15) is 19.9 Å². The SMILES string of the molecule is CCC(=O)C1=CC(O)C(O)C(N=O)C1. The van der Waals surface area contributed by atoms with Gasteiger partial charge in [0.1, 0.15) is 18.2 Å². The van der Waals surface area contributed by atoms with Gasteiger partial charge >= 0.3 is 0 Å². The van der Waals surface area contributed by atoms with E-state index < -0.39 is 18.2 Å². The lowest BCUT2D eigenvalue weighted by Gasteiger charge is -2.25. The largest absolute Gasteiger partial charge is 0.388 e. The molecule has 0 aliphatic heterocycles. The minimum Gasteiger partial charge on any atom is -0.388 e. The fourth-order valence-electron chi connectivity index (χ4n) is 1.48. The van der Waals surface area contributed by atoms with Gasteiger partial charge in [0.05, 0.1) is 0 Å². The van der Waals surface area contributed by atoms with Gasteiger partial charge in [0.25, 0.3) is 0 Å². The summed E-state index contributed by atoms with van der Waals surface area (Å²) in [7, 11) is 0. The predicted octanol–water partition coefficient (Wildman–Crippen LogP) is 0.152. The normalized spacial score (nSPS) is 32.2. The molecule has 3 atom stereocenters. The maximum Gasteiger partial charge on any atom is 0.158 e. The summed E-state index contributed by atoms with van der Waals surface area (Å²) in [6.45, 7) is 1.70. The van der Waals surface area contributed by atoms with Crippen LogP contribution in [-0.2, 0) is 4.79 Å². The Bertz CT molecular complexity index is 274. The molecule has 1 aliphatic carbocycles. The van der Waals surface area contributed by atoms with Gasteiger partial charge in [-0.3, -0.25) is 4.79 Å². The molecule has 5 heteroatoms. The smallest absolute Gasteiger partial charge is 0.158 e. The molecule has 0 aromatic rings. The van der Waals surface area contributed by atoms with Gasteiger partial charge in [-0.05, 0) is 11.6 Å². The van der Waals surface area contributed by atoms with Crippen molar-refractivity contribution in [2.24, 2.45) is 5.18 Å². The molecule has 0 radical (unpaired) electrons. The average molecular weight is 199 g/mol. The van der Waals surface area contributed by atoms with Crippen LogP contribution in [0.2, 0.25) is 0 Å². The Morgan fingerprint density at radius 1 is 1.64 bits per heavy atom. The first-order valence-electron chi connectivity index (χ1n) is 4.52. The third-order valence-electron chi connectivity index (χ3n) is 2.36. The molecular weight excluding hydrogens is 186 g/mol. The number of aliphatic hydroxyl groups is 2. The number of aliphatic hydroxyl groups excluding tert-OH is 2. The minimum absolute atomic E-state index is 0.119. The molecule has 0 aromatic heterocycles. The summed E-state index contributed by atoms with van der Waals surface area (Å²) in [6.07, 6.45) is -0.620. The molecule has 0 saturated carbocycles. The standard InChI is InChI=1S/C9H13NO4/c1-2-7(11)5-3-6(10-14)9(13)8(12)4-5/h4,6,8-9,12-13H,2-3H2,1H3. The topological polar surface area (TPSA) is 87.0 Å². The van der Waals surface area contributed by atoms with E-state index in [-0.39, 0.29) is 12.2 Å². The summed E-state index contributed by atoms with van der Waals surface area (Å²) < 4.78 is 0. The van der Waals surface area contributed by atoms with Gasteiger partial charge in [0.15, 0.2) is 5.78 Å². The van der Waals surface area contributed by atoms with E-state index in [1.54, 1.807) is 6.92 Å². The first-order chi connectivity index (χ1) is 6.60. The molecule has 78 valence electrons. The summed E-state index contributed by atoms with van der Waals surface area (Å²) in [6, 6.07) is -0.916. The van der Waals surface area contributed by atoms with Crippen LogP contribution < -0.4 is 0 Å². The minimum atomic E-state index is -1.19. The third-order valence-corrected chi connectivity index (χ3v) is 2.36. The molecule has 0 spiro atoms. The number of nitroso groups, excluding NO2 is 1. The zero-order valence-electron chi connectivity index (χ0n) is 7.88. The lowest BCUT2D eigenvalue weighted by atomic mass is 9.88. The van der Waals surface area contributed by atoms with Gasteiger partial charge in [-0.2, -0.15) is 4.91 Å². The maximum atomic E-state index is 11.3. The van der Waals surface area contributed by atoms with Crippen molar-refractivity contribution in [1.29, 1.82) is 0 Å². The zero-order chi connectivity index (χ0) is 10.7. The van der Waals surface area contributed by atoms with E-state index in [0.717, 1.165) is 0 Å². The van der Waals surface area contributed by atoms with Crippen molar-refractivity contribution >= 4 is 5.78 Å². The number of hydrogen-bond acceptors (Lipinski definition) is 5. The van der Waals surface area contributed by atoms with Crippen molar-refractivity contribution in [2.75, 3.05) is 0 Å². The molecule has 1 rings (SSSR count). The maximum absolute atomic E-state index is 11.3. The summed E-state index contributed by atoms with van der Waals surface area (Å²) in [4.78, 5) is 21.6. The van der Waals surface area contributed by atoms with Crippen molar-refractivity contribution < 1.29 is 15.0 Å². The van der Waals surface area contributed by atoms with Gasteiger partial charge < -0.3 is 10.2 Å². The van der Waals surface area contributed by atoms with Crippen molar-refractivity contribution in [2.45, 2.75) is 38.0 Å². The van der Waals surface area contributed by atoms with Crippen LogP contribution in [0.1, 0.15) is 19.8 Å². The lowest BCUT2D eigenvalue weighted by molar-refractivity contribution is -0.115. The quantitative estimate of drug-likeness (QED) is 0.633. The monoisotopic (exact) mass is 199 g/mol. The van der Waals surface area contributed by atoms with E-state index in [1.165, 1.54) is 6.08 Å². The summed E-state index contributed by atoms with van der Waals surface area (Å²) in [5.41, 5.74) is 0.384. The molecule has 0 saturated heterocycles. The molecule has 0 fully saturated rings. The van der Waals surface area contributed by atoms with Crippen molar-refractivity contribution in [1.82, 2.24) is 0 Å². The molecule has 0 bridgehead atoms. The van der Waals surface area contributed by atoms with E-state index in [0.29, 0.717) is 12.0 Å². The Kier molecular flexibility index (Phi) is 3.49. The van der Waals surface area contributed by atoms with Crippen LogP contribution in [0, 0.1) is 4.91 Å². The molecule has 14 heavy (non-hydrogen) atoms. The van der Waals surface area contributed by atoms with Crippen LogP contribution in [-0.4, -0.2) is 34.2 Å². The van der Waals surface area contributed by atoms with Gasteiger partial charge in [-0.1, -0.05) is 12.1 Å². The molecule has 0 amide bonds. The van der Waals surface area contributed by atoms with Crippen LogP contribution in [0.25, 0.3) is 0 Å². The third kappa shape index (κ3) is 2.05. The van der Waals surface area contributed by atoms with Crippen LogP contribution in [0.5, 0.6) is 0 Å². The molecule has 2 N–H and O–H groups in total. The number of ketones is 1. The lowest BCUT2D eigenvalue weighted by Crippen LogP contribution is -2.39.